The average Bonchev–Trinajstić information content (AvgIpc) is 2.34. The van der Waals surface area contributed by atoms with E-state index >= 15 is 0 Å². The van der Waals surface area contributed by atoms with Crippen molar-refractivity contribution in [1.29, 1.82) is 0 Å². The molecule has 1 aromatic heterocycles. The normalized spacial score (nSPS) is 10.4. The van der Waals surface area contributed by atoms with Gasteiger partial charge in [-0.05, 0) is 37.1 Å². The Morgan fingerprint density at radius 3 is 2.56 bits per heavy atom. The first-order valence-corrected chi connectivity index (χ1v) is 5.93. The summed E-state index contributed by atoms with van der Waals surface area (Å²) in [6, 6.07) is 3.71. The molecule has 1 aromatic carbocycles. The molecular formula is C13H14ClN3O. The lowest BCUT2D eigenvalue weighted by atomic mass is 10.1. The lowest BCUT2D eigenvalue weighted by Gasteiger charge is -2.13. The van der Waals surface area contributed by atoms with Crippen LogP contribution in [0.5, 0.6) is 11.6 Å². The smallest absolute Gasteiger partial charge is 0.226 e. The van der Waals surface area contributed by atoms with Gasteiger partial charge in [0.1, 0.15) is 12.1 Å². The summed E-state index contributed by atoms with van der Waals surface area (Å²) in [5.74, 6) is 1.24. The highest BCUT2D eigenvalue weighted by molar-refractivity contribution is 6.30. The van der Waals surface area contributed by atoms with E-state index in [1.54, 1.807) is 6.20 Å². The predicted octanol–water partition coefficient (Wildman–Crippen LogP) is 3.00. The maximum absolute atomic E-state index is 5.98. The van der Waals surface area contributed by atoms with Crippen LogP contribution in [0.25, 0.3) is 0 Å². The molecule has 0 saturated heterocycles. The molecule has 2 rings (SSSR count). The van der Waals surface area contributed by atoms with E-state index in [1.165, 1.54) is 6.33 Å². The quantitative estimate of drug-likeness (QED) is 0.925. The molecular weight excluding hydrogens is 250 g/mol. The highest BCUT2D eigenvalue weighted by atomic mass is 35.5. The van der Waals surface area contributed by atoms with Gasteiger partial charge in [0.15, 0.2) is 0 Å². The largest absolute Gasteiger partial charge is 0.438 e. The van der Waals surface area contributed by atoms with Crippen LogP contribution >= 0.6 is 11.6 Å². The lowest BCUT2D eigenvalue weighted by molar-refractivity contribution is 0.448. The van der Waals surface area contributed by atoms with Crippen molar-refractivity contribution >= 4 is 11.6 Å². The van der Waals surface area contributed by atoms with Gasteiger partial charge < -0.3 is 10.5 Å². The molecule has 0 unspecified atom stereocenters. The summed E-state index contributed by atoms with van der Waals surface area (Å²) >= 11 is 5.98. The van der Waals surface area contributed by atoms with Gasteiger partial charge in [0.25, 0.3) is 0 Å². The zero-order valence-corrected chi connectivity index (χ0v) is 11.0. The van der Waals surface area contributed by atoms with Gasteiger partial charge in [-0.1, -0.05) is 11.6 Å². The second-order valence-electron chi connectivity index (χ2n) is 4.03. The third-order valence-corrected chi connectivity index (χ3v) is 2.81. The Hall–Kier alpha value is -1.65. The Bertz CT molecular complexity index is 549. The van der Waals surface area contributed by atoms with E-state index in [1.807, 2.05) is 26.0 Å². The minimum atomic E-state index is 0.335. The summed E-state index contributed by atoms with van der Waals surface area (Å²) < 4.78 is 5.83. The number of rotatable bonds is 3. The van der Waals surface area contributed by atoms with Crippen LogP contribution in [-0.2, 0) is 6.54 Å². The van der Waals surface area contributed by atoms with E-state index in [-0.39, 0.29) is 0 Å². The monoisotopic (exact) mass is 263 g/mol. The fourth-order valence-electron chi connectivity index (χ4n) is 1.73. The Morgan fingerprint density at radius 2 is 1.94 bits per heavy atom. The molecule has 0 aliphatic carbocycles. The second-order valence-corrected chi connectivity index (χ2v) is 4.46. The molecule has 94 valence electrons. The van der Waals surface area contributed by atoms with Gasteiger partial charge in [0.05, 0.1) is 0 Å². The Morgan fingerprint density at radius 1 is 1.28 bits per heavy atom. The summed E-state index contributed by atoms with van der Waals surface area (Å²) in [7, 11) is 0. The van der Waals surface area contributed by atoms with Crippen LogP contribution in [0.1, 0.15) is 16.7 Å². The fraction of sp³-hybridized carbons (Fsp3) is 0.231. The van der Waals surface area contributed by atoms with Crippen LogP contribution in [0.2, 0.25) is 5.02 Å². The topological polar surface area (TPSA) is 61.0 Å². The van der Waals surface area contributed by atoms with Crippen molar-refractivity contribution in [2.24, 2.45) is 5.73 Å². The summed E-state index contributed by atoms with van der Waals surface area (Å²) in [6.07, 6.45) is 3.10. The summed E-state index contributed by atoms with van der Waals surface area (Å²) in [4.78, 5) is 8.03. The van der Waals surface area contributed by atoms with E-state index in [4.69, 9.17) is 22.1 Å². The summed E-state index contributed by atoms with van der Waals surface area (Å²) in [5.41, 5.74) is 8.31. The number of aryl methyl sites for hydroxylation is 2. The second kappa shape index (κ2) is 5.33. The predicted molar refractivity (Wildman–Crippen MR) is 70.9 cm³/mol. The maximum Gasteiger partial charge on any atom is 0.226 e. The number of benzene rings is 1. The molecule has 0 bridgehead atoms. The summed E-state index contributed by atoms with van der Waals surface area (Å²) in [6.45, 7) is 4.22. The standard InChI is InChI=1S/C13H14ClN3O/c1-8-3-11(14)4-9(2)12(8)18-13-10(5-15)6-16-7-17-13/h3-4,6-7H,5,15H2,1-2H3. The van der Waals surface area contributed by atoms with Gasteiger partial charge in [-0.25, -0.2) is 9.97 Å². The number of halogens is 1. The molecule has 1 heterocycles. The van der Waals surface area contributed by atoms with Gasteiger partial charge in [-0.2, -0.15) is 0 Å². The summed E-state index contributed by atoms with van der Waals surface area (Å²) in [5, 5.41) is 0.694. The Balaban J connectivity index is 2.40. The number of nitrogens with two attached hydrogens (primary N) is 1. The minimum absolute atomic E-state index is 0.335. The third kappa shape index (κ3) is 2.60. The molecule has 2 aromatic rings. The molecule has 0 aliphatic heterocycles. The van der Waals surface area contributed by atoms with Gasteiger partial charge >= 0.3 is 0 Å². The number of nitrogens with zero attached hydrogens (tertiary/aromatic N) is 2. The maximum atomic E-state index is 5.98. The van der Waals surface area contributed by atoms with Crippen molar-refractivity contribution in [1.82, 2.24) is 9.97 Å². The van der Waals surface area contributed by atoms with Crippen LogP contribution in [0, 0.1) is 13.8 Å². The fourth-order valence-corrected chi connectivity index (χ4v) is 2.06. The molecule has 0 spiro atoms. The SMILES string of the molecule is Cc1cc(Cl)cc(C)c1Oc1ncncc1CN. The van der Waals surface area contributed by atoms with Crippen molar-refractivity contribution in [3.63, 3.8) is 0 Å². The van der Waals surface area contributed by atoms with Gasteiger partial charge in [-0.3, -0.25) is 0 Å². The number of hydrogen-bond donors (Lipinski definition) is 1. The van der Waals surface area contributed by atoms with E-state index in [9.17, 15) is 0 Å². The van der Waals surface area contributed by atoms with E-state index in [2.05, 4.69) is 9.97 Å². The van der Waals surface area contributed by atoms with Crippen LogP contribution in [-0.4, -0.2) is 9.97 Å². The molecule has 18 heavy (non-hydrogen) atoms. The third-order valence-electron chi connectivity index (χ3n) is 2.59. The zero-order valence-electron chi connectivity index (χ0n) is 10.3. The van der Waals surface area contributed by atoms with E-state index in [0.29, 0.717) is 17.4 Å². The molecule has 4 nitrogen and oxygen atoms in total. The van der Waals surface area contributed by atoms with Gasteiger partial charge in [-0.15, -0.1) is 0 Å². The van der Waals surface area contributed by atoms with E-state index in [0.717, 1.165) is 22.4 Å². The molecule has 0 amide bonds. The van der Waals surface area contributed by atoms with Crippen molar-refractivity contribution in [3.05, 3.63) is 46.4 Å². The molecule has 0 fully saturated rings. The first kappa shape index (κ1) is 12.8. The number of hydrogen-bond acceptors (Lipinski definition) is 4. The van der Waals surface area contributed by atoms with Crippen molar-refractivity contribution in [2.75, 3.05) is 0 Å². The lowest BCUT2D eigenvalue weighted by Crippen LogP contribution is -2.03. The van der Waals surface area contributed by atoms with Crippen molar-refractivity contribution < 1.29 is 4.74 Å². The van der Waals surface area contributed by atoms with Crippen LogP contribution in [0.3, 0.4) is 0 Å². The van der Waals surface area contributed by atoms with Gasteiger partial charge in [0.2, 0.25) is 5.88 Å². The molecule has 0 aliphatic rings. The molecule has 2 N–H and O–H groups in total. The highest BCUT2D eigenvalue weighted by Gasteiger charge is 2.10. The van der Waals surface area contributed by atoms with E-state index < -0.39 is 0 Å². The van der Waals surface area contributed by atoms with Crippen LogP contribution < -0.4 is 10.5 Å². The number of ether oxygens (including phenoxy) is 1. The first-order valence-electron chi connectivity index (χ1n) is 5.55. The Labute approximate surface area is 111 Å². The molecule has 0 radical (unpaired) electrons. The van der Waals surface area contributed by atoms with Crippen molar-refractivity contribution in [3.8, 4) is 11.6 Å². The molecule has 0 atom stereocenters. The zero-order chi connectivity index (χ0) is 13.1. The highest BCUT2D eigenvalue weighted by Crippen LogP contribution is 2.31. The van der Waals surface area contributed by atoms with Crippen LogP contribution in [0.4, 0.5) is 0 Å². The van der Waals surface area contributed by atoms with Gasteiger partial charge in [0, 0.05) is 23.3 Å². The number of aromatic nitrogens is 2. The molecule has 5 heteroatoms. The first-order chi connectivity index (χ1) is 8.61. The average molecular weight is 264 g/mol. The molecule has 0 saturated carbocycles. The van der Waals surface area contributed by atoms with Crippen LogP contribution in [0.15, 0.2) is 24.7 Å². The Kier molecular flexibility index (Phi) is 3.79. The van der Waals surface area contributed by atoms with Crippen molar-refractivity contribution in [2.45, 2.75) is 20.4 Å². The minimum Gasteiger partial charge on any atom is -0.438 e.